The fourth-order valence-corrected chi connectivity index (χ4v) is 3.93. The molecule has 160 valence electrons. The molecule has 2 N–H and O–H groups in total. The van der Waals surface area contributed by atoms with Gasteiger partial charge in [0.2, 0.25) is 5.91 Å². The number of hydrogen-bond acceptors (Lipinski definition) is 6. The van der Waals surface area contributed by atoms with Crippen LogP contribution in [0.5, 0.6) is 5.75 Å². The molecule has 2 heterocycles. The maximum absolute atomic E-state index is 12.4. The van der Waals surface area contributed by atoms with Gasteiger partial charge in [0, 0.05) is 35.7 Å². The molecular formula is C22H21ClN4O3S. The first-order valence-electron chi connectivity index (χ1n) is 9.78. The number of amides is 2. The van der Waals surface area contributed by atoms with Crippen molar-refractivity contribution in [1.82, 2.24) is 15.6 Å². The number of nitrogens with one attached hydrogen (secondary N) is 2. The van der Waals surface area contributed by atoms with Crippen molar-refractivity contribution in [3.8, 4) is 5.75 Å². The number of aromatic nitrogens is 1. The van der Waals surface area contributed by atoms with E-state index < -0.39 is 0 Å². The van der Waals surface area contributed by atoms with Crippen LogP contribution in [0.2, 0.25) is 5.02 Å². The molecule has 3 aromatic rings. The Balaban J connectivity index is 1.27. The molecule has 1 fully saturated rings. The van der Waals surface area contributed by atoms with Crippen LogP contribution in [0.1, 0.15) is 21.1 Å². The van der Waals surface area contributed by atoms with E-state index in [1.165, 1.54) is 11.3 Å². The van der Waals surface area contributed by atoms with Gasteiger partial charge in [-0.1, -0.05) is 23.7 Å². The van der Waals surface area contributed by atoms with E-state index in [0.29, 0.717) is 36.1 Å². The molecule has 0 saturated carbocycles. The zero-order chi connectivity index (χ0) is 21.6. The highest BCUT2D eigenvalue weighted by molar-refractivity contribution is 7.09. The molecule has 1 aromatic heterocycles. The molecule has 0 unspecified atom stereocenters. The Kier molecular flexibility index (Phi) is 6.69. The summed E-state index contributed by atoms with van der Waals surface area (Å²) in [4.78, 5) is 30.3. The summed E-state index contributed by atoms with van der Waals surface area (Å²) in [5.74, 6) is 0.494. The van der Waals surface area contributed by atoms with Crippen molar-refractivity contribution < 1.29 is 14.3 Å². The van der Waals surface area contributed by atoms with Crippen LogP contribution in [0.25, 0.3) is 0 Å². The van der Waals surface area contributed by atoms with Crippen LogP contribution in [0.3, 0.4) is 0 Å². The number of carbonyl (C=O) groups is 2. The quantitative estimate of drug-likeness (QED) is 0.570. The summed E-state index contributed by atoms with van der Waals surface area (Å²) < 4.78 is 5.67. The number of ether oxygens (including phenoxy) is 1. The molecule has 1 saturated heterocycles. The zero-order valence-corrected chi connectivity index (χ0v) is 18.2. The number of anilines is 1. The van der Waals surface area contributed by atoms with E-state index in [2.05, 4.69) is 15.6 Å². The van der Waals surface area contributed by atoms with E-state index in [-0.39, 0.29) is 18.4 Å². The van der Waals surface area contributed by atoms with Gasteiger partial charge in [0.1, 0.15) is 23.1 Å². The second-order valence-electron chi connectivity index (χ2n) is 6.99. The topological polar surface area (TPSA) is 83.6 Å². The molecule has 0 bridgehead atoms. The van der Waals surface area contributed by atoms with Crippen LogP contribution in [-0.2, 0) is 17.9 Å². The maximum atomic E-state index is 12.4. The lowest BCUT2D eigenvalue weighted by molar-refractivity contribution is -0.120. The summed E-state index contributed by atoms with van der Waals surface area (Å²) in [7, 11) is 0. The Morgan fingerprint density at radius 2 is 1.97 bits per heavy atom. The van der Waals surface area contributed by atoms with Gasteiger partial charge < -0.3 is 20.3 Å². The van der Waals surface area contributed by atoms with Crippen molar-refractivity contribution >= 4 is 40.4 Å². The lowest BCUT2D eigenvalue weighted by Gasteiger charge is -2.28. The van der Waals surface area contributed by atoms with Crippen molar-refractivity contribution in [2.24, 2.45) is 0 Å². The fourth-order valence-electron chi connectivity index (χ4n) is 3.11. The second kappa shape index (κ2) is 9.80. The number of thiazole rings is 1. The Morgan fingerprint density at radius 1 is 1.19 bits per heavy atom. The molecule has 0 radical (unpaired) electrons. The van der Waals surface area contributed by atoms with E-state index in [4.69, 9.17) is 16.3 Å². The smallest absolute Gasteiger partial charge is 0.271 e. The fraction of sp³-hybridized carbons (Fsp3) is 0.227. The van der Waals surface area contributed by atoms with Crippen molar-refractivity contribution in [1.29, 1.82) is 0 Å². The Morgan fingerprint density at radius 3 is 2.71 bits per heavy atom. The van der Waals surface area contributed by atoms with Gasteiger partial charge >= 0.3 is 0 Å². The van der Waals surface area contributed by atoms with Gasteiger partial charge in [0.05, 0.1) is 6.54 Å². The normalized spacial score (nSPS) is 13.6. The molecule has 9 heteroatoms. The first-order chi connectivity index (χ1) is 15.1. The van der Waals surface area contributed by atoms with Crippen molar-refractivity contribution in [3.63, 3.8) is 0 Å². The minimum Gasteiger partial charge on any atom is -0.486 e. The van der Waals surface area contributed by atoms with Gasteiger partial charge in [-0.15, -0.1) is 11.3 Å². The second-order valence-corrected chi connectivity index (χ2v) is 8.37. The number of nitrogens with zero attached hydrogens (tertiary/aromatic N) is 2. The highest BCUT2D eigenvalue weighted by Crippen LogP contribution is 2.19. The Hall–Kier alpha value is -3.10. The molecular weight excluding hydrogens is 436 g/mol. The summed E-state index contributed by atoms with van der Waals surface area (Å²) in [6.07, 6.45) is 0. The zero-order valence-electron chi connectivity index (χ0n) is 16.6. The molecule has 2 aromatic carbocycles. The SMILES string of the molecule is O=C1CN(c2ccc(CNC(=O)c3csc(COc4ccc(Cl)cc4)n3)cc2)CCN1. The first kappa shape index (κ1) is 21.1. The average molecular weight is 457 g/mol. The molecule has 2 amide bonds. The van der Waals surface area contributed by atoms with Crippen molar-refractivity contribution in [2.45, 2.75) is 13.2 Å². The highest BCUT2D eigenvalue weighted by atomic mass is 35.5. The lowest BCUT2D eigenvalue weighted by atomic mass is 10.2. The molecule has 31 heavy (non-hydrogen) atoms. The number of rotatable bonds is 7. The molecule has 1 aliphatic heterocycles. The van der Waals surface area contributed by atoms with E-state index >= 15 is 0 Å². The van der Waals surface area contributed by atoms with Crippen LogP contribution in [0.15, 0.2) is 53.9 Å². The first-order valence-corrected chi connectivity index (χ1v) is 11.0. The summed E-state index contributed by atoms with van der Waals surface area (Å²) in [6, 6.07) is 14.9. The molecule has 0 atom stereocenters. The standard InChI is InChI=1S/C22H21ClN4O3S/c23-16-3-7-18(8-4-16)30-13-21-26-19(14-31-21)22(29)25-11-15-1-5-17(6-2-15)27-10-9-24-20(28)12-27/h1-8,14H,9-13H2,(H,24,28)(H,25,29). The van der Waals surface area contributed by atoms with Crippen LogP contribution >= 0.6 is 22.9 Å². The average Bonchev–Trinajstić information content (AvgIpc) is 3.27. The third-order valence-corrected chi connectivity index (χ3v) is 5.83. The monoisotopic (exact) mass is 456 g/mol. The van der Waals surface area contributed by atoms with Crippen molar-refractivity contribution in [3.05, 3.63) is 75.2 Å². The maximum Gasteiger partial charge on any atom is 0.271 e. The number of benzene rings is 2. The van der Waals surface area contributed by atoms with Crippen LogP contribution in [0.4, 0.5) is 5.69 Å². The van der Waals surface area contributed by atoms with Crippen LogP contribution in [0, 0.1) is 0 Å². The third kappa shape index (κ3) is 5.74. The number of halogens is 1. The minimum atomic E-state index is -0.231. The summed E-state index contributed by atoms with van der Waals surface area (Å²) in [6.45, 7) is 2.49. The van der Waals surface area contributed by atoms with Crippen LogP contribution < -0.4 is 20.3 Å². The van der Waals surface area contributed by atoms with Gasteiger partial charge in [-0.3, -0.25) is 9.59 Å². The van der Waals surface area contributed by atoms with Gasteiger partial charge in [-0.05, 0) is 42.0 Å². The predicted molar refractivity (Wildman–Crippen MR) is 121 cm³/mol. The molecule has 0 spiro atoms. The highest BCUT2D eigenvalue weighted by Gasteiger charge is 2.16. The molecule has 1 aliphatic rings. The van der Waals surface area contributed by atoms with E-state index in [0.717, 1.165) is 22.8 Å². The van der Waals surface area contributed by atoms with Gasteiger partial charge in [-0.2, -0.15) is 0 Å². The van der Waals surface area contributed by atoms with Crippen LogP contribution in [-0.4, -0.2) is 36.4 Å². The number of carbonyl (C=O) groups excluding carboxylic acids is 2. The van der Waals surface area contributed by atoms with Gasteiger partial charge in [-0.25, -0.2) is 4.98 Å². The Labute approximate surface area is 189 Å². The third-order valence-electron chi connectivity index (χ3n) is 4.75. The number of piperazine rings is 1. The lowest BCUT2D eigenvalue weighted by Crippen LogP contribution is -2.47. The molecule has 7 nitrogen and oxygen atoms in total. The largest absolute Gasteiger partial charge is 0.486 e. The summed E-state index contributed by atoms with van der Waals surface area (Å²) in [5, 5.41) is 8.79. The van der Waals surface area contributed by atoms with E-state index in [1.54, 1.807) is 29.6 Å². The van der Waals surface area contributed by atoms with E-state index in [1.807, 2.05) is 29.2 Å². The molecule has 4 rings (SSSR count). The molecule has 0 aliphatic carbocycles. The van der Waals surface area contributed by atoms with Gasteiger partial charge in [0.15, 0.2) is 0 Å². The van der Waals surface area contributed by atoms with Crippen molar-refractivity contribution in [2.75, 3.05) is 24.5 Å². The Bertz CT molecular complexity index is 1050. The number of hydrogen-bond donors (Lipinski definition) is 2. The summed E-state index contributed by atoms with van der Waals surface area (Å²) >= 11 is 7.24. The van der Waals surface area contributed by atoms with Gasteiger partial charge in [0.25, 0.3) is 5.91 Å². The predicted octanol–water partition coefficient (Wildman–Crippen LogP) is 3.24. The minimum absolute atomic E-state index is 0.0313. The van der Waals surface area contributed by atoms with E-state index in [9.17, 15) is 9.59 Å². The summed E-state index contributed by atoms with van der Waals surface area (Å²) in [5.41, 5.74) is 2.34.